The van der Waals surface area contributed by atoms with Crippen LogP contribution in [0.1, 0.15) is 10.4 Å². The van der Waals surface area contributed by atoms with E-state index < -0.39 is 5.82 Å². The summed E-state index contributed by atoms with van der Waals surface area (Å²) in [5.41, 5.74) is 0.128. The second-order valence-corrected chi connectivity index (χ2v) is 3.71. The maximum absolute atomic E-state index is 13.3. The standard InChI is InChI=1S/C11H6FOSe/c12-9-6-5-7-3-1-2-4-8(7)10(9)11(13)14/h1-6H. The second-order valence-electron chi connectivity index (χ2n) is 2.93. The summed E-state index contributed by atoms with van der Waals surface area (Å²) >= 11 is 2.31. The Morgan fingerprint density at radius 3 is 2.57 bits per heavy atom. The zero-order chi connectivity index (χ0) is 10.1. The molecule has 1 radical (unpaired) electrons. The molecule has 0 aliphatic carbocycles. The molecule has 0 N–H and O–H groups in total. The zero-order valence-corrected chi connectivity index (χ0v) is 8.87. The van der Waals surface area contributed by atoms with Crippen molar-refractivity contribution in [1.29, 1.82) is 0 Å². The topological polar surface area (TPSA) is 17.1 Å². The van der Waals surface area contributed by atoms with Crippen molar-refractivity contribution >= 4 is 31.5 Å². The van der Waals surface area contributed by atoms with Gasteiger partial charge in [-0.25, -0.2) is 0 Å². The van der Waals surface area contributed by atoms with Crippen molar-refractivity contribution in [3.8, 4) is 0 Å². The predicted octanol–water partition coefficient (Wildman–Crippen LogP) is 2.29. The van der Waals surface area contributed by atoms with Crippen LogP contribution in [0, 0.1) is 5.82 Å². The van der Waals surface area contributed by atoms with Gasteiger partial charge in [-0.05, 0) is 0 Å². The Balaban J connectivity index is 2.90. The molecule has 0 saturated carbocycles. The molecule has 0 amide bonds. The van der Waals surface area contributed by atoms with Gasteiger partial charge in [-0.1, -0.05) is 0 Å². The summed E-state index contributed by atoms with van der Waals surface area (Å²) in [6.45, 7) is 0. The molecule has 0 atom stereocenters. The van der Waals surface area contributed by atoms with E-state index in [1.807, 2.05) is 12.1 Å². The summed E-state index contributed by atoms with van der Waals surface area (Å²) in [5, 5.41) is 1.52. The van der Waals surface area contributed by atoms with Crippen LogP contribution in [-0.4, -0.2) is 20.7 Å². The molecule has 0 aliphatic rings. The van der Waals surface area contributed by atoms with Crippen molar-refractivity contribution in [2.24, 2.45) is 0 Å². The minimum atomic E-state index is -0.479. The predicted molar refractivity (Wildman–Crippen MR) is 54.0 cm³/mol. The van der Waals surface area contributed by atoms with E-state index in [0.717, 1.165) is 5.39 Å². The molecular weight excluding hydrogens is 246 g/mol. The Bertz CT molecular complexity index is 508. The van der Waals surface area contributed by atoms with E-state index in [-0.39, 0.29) is 10.2 Å². The molecule has 0 bridgehead atoms. The Morgan fingerprint density at radius 1 is 1.14 bits per heavy atom. The molecule has 0 heterocycles. The van der Waals surface area contributed by atoms with Gasteiger partial charge in [-0.15, -0.1) is 0 Å². The fourth-order valence-electron chi connectivity index (χ4n) is 1.45. The van der Waals surface area contributed by atoms with Crippen LogP contribution in [0.15, 0.2) is 36.4 Å². The monoisotopic (exact) mass is 253 g/mol. The number of hydrogen-bond acceptors (Lipinski definition) is 1. The van der Waals surface area contributed by atoms with Gasteiger partial charge in [-0.3, -0.25) is 0 Å². The number of halogens is 1. The van der Waals surface area contributed by atoms with Gasteiger partial charge in [0.15, 0.2) is 0 Å². The zero-order valence-electron chi connectivity index (χ0n) is 7.16. The molecule has 69 valence electrons. The molecule has 14 heavy (non-hydrogen) atoms. The van der Waals surface area contributed by atoms with Gasteiger partial charge in [0.05, 0.1) is 0 Å². The third-order valence-electron chi connectivity index (χ3n) is 2.08. The van der Waals surface area contributed by atoms with Crippen molar-refractivity contribution in [1.82, 2.24) is 0 Å². The summed E-state index contributed by atoms with van der Waals surface area (Å²) in [5.74, 6) is -0.479. The summed E-state index contributed by atoms with van der Waals surface area (Å²) in [7, 11) is 0. The van der Waals surface area contributed by atoms with Crippen LogP contribution in [-0.2, 0) is 0 Å². The van der Waals surface area contributed by atoms with Crippen LogP contribution >= 0.6 is 0 Å². The third-order valence-corrected chi connectivity index (χ3v) is 2.51. The summed E-state index contributed by atoms with van der Waals surface area (Å²) < 4.78 is 13.0. The van der Waals surface area contributed by atoms with Crippen LogP contribution in [0.25, 0.3) is 10.8 Å². The summed E-state index contributed by atoms with van der Waals surface area (Å²) in [6, 6.07) is 10.2. The first kappa shape index (κ1) is 9.38. The normalized spacial score (nSPS) is 10.4. The van der Waals surface area contributed by atoms with E-state index in [2.05, 4.69) is 16.0 Å². The van der Waals surface area contributed by atoms with Gasteiger partial charge >= 0.3 is 88.4 Å². The Kier molecular flexibility index (Phi) is 2.36. The van der Waals surface area contributed by atoms with E-state index in [9.17, 15) is 9.18 Å². The molecule has 0 aromatic heterocycles. The Morgan fingerprint density at radius 2 is 1.86 bits per heavy atom. The molecule has 0 unspecified atom stereocenters. The fraction of sp³-hybridized carbons (Fsp3) is 0. The molecule has 2 rings (SSSR count). The molecule has 2 aromatic carbocycles. The van der Waals surface area contributed by atoms with E-state index in [4.69, 9.17) is 0 Å². The van der Waals surface area contributed by atoms with Gasteiger partial charge in [-0.2, -0.15) is 0 Å². The molecule has 0 saturated heterocycles. The van der Waals surface area contributed by atoms with Crippen LogP contribution in [0.5, 0.6) is 0 Å². The van der Waals surface area contributed by atoms with Crippen molar-refractivity contribution in [2.75, 3.05) is 0 Å². The van der Waals surface area contributed by atoms with Gasteiger partial charge in [0, 0.05) is 0 Å². The van der Waals surface area contributed by atoms with Crippen molar-refractivity contribution in [2.45, 2.75) is 0 Å². The summed E-state index contributed by atoms with van der Waals surface area (Å²) in [6.07, 6.45) is 0. The Hall–Kier alpha value is -1.18. The molecule has 0 fully saturated rings. The quantitative estimate of drug-likeness (QED) is 0.711. The van der Waals surface area contributed by atoms with E-state index in [1.165, 1.54) is 6.07 Å². The molecule has 3 heteroatoms. The van der Waals surface area contributed by atoms with E-state index in [0.29, 0.717) is 5.39 Å². The molecule has 0 spiro atoms. The first-order valence-electron chi connectivity index (χ1n) is 4.09. The molecule has 0 aliphatic heterocycles. The van der Waals surface area contributed by atoms with Crippen LogP contribution in [0.4, 0.5) is 4.39 Å². The van der Waals surface area contributed by atoms with Crippen LogP contribution in [0.3, 0.4) is 0 Å². The number of fused-ring (bicyclic) bond motifs is 1. The van der Waals surface area contributed by atoms with E-state index >= 15 is 0 Å². The van der Waals surface area contributed by atoms with Crippen LogP contribution in [0.2, 0.25) is 0 Å². The van der Waals surface area contributed by atoms with Crippen molar-refractivity contribution in [3.63, 3.8) is 0 Å². The van der Waals surface area contributed by atoms with Crippen molar-refractivity contribution in [3.05, 3.63) is 47.8 Å². The SMILES string of the molecule is O=C([Se])c1c(F)ccc2ccccc12. The van der Waals surface area contributed by atoms with Gasteiger partial charge in [0.25, 0.3) is 0 Å². The number of rotatable bonds is 1. The summed E-state index contributed by atoms with van der Waals surface area (Å²) in [4.78, 5) is 11.2. The second kappa shape index (κ2) is 3.52. The maximum atomic E-state index is 13.3. The fourth-order valence-corrected chi connectivity index (χ4v) is 1.89. The number of benzene rings is 2. The van der Waals surface area contributed by atoms with E-state index in [1.54, 1.807) is 18.2 Å². The molecule has 2 aromatic rings. The average molecular weight is 252 g/mol. The Labute approximate surface area is 88.7 Å². The molecular formula is C11H6FOSe. The van der Waals surface area contributed by atoms with Gasteiger partial charge in [0.2, 0.25) is 0 Å². The van der Waals surface area contributed by atoms with Gasteiger partial charge < -0.3 is 0 Å². The number of hydrogen-bond donors (Lipinski definition) is 0. The van der Waals surface area contributed by atoms with Crippen molar-refractivity contribution < 1.29 is 9.18 Å². The average Bonchev–Trinajstić information content (AvgIpc) is 2.17. The number of carbonyl (C=O) groups excluding carboxylic acids is 1. The number of carbonyl (C=O) groups is 1. The van der Waals surface area contributed by atoms with Crippen LogP contribution < -0.4 is 0 Å². The first-order chi connectivity index (χ1) is 6.70. The minimum absolute atomic E-state index is 0.128. The molecule has 1 nitrogen and oxygen atoms in total. The first-order valence-corrected chi connectivity index (χ1v) is 4.94. The third kappa shape index (κ3) is 1.45. The van der Waals surface area contributed by atoms with Gasteiger partial charge in [0.1, 0.15) is 0 Å².